The predicted molar refractivity (Wildman–Crippen MR) is 203 cm³/mol. The van der Waals surface area contributed by atoms with E-state index >= 15 is 0 Å². The first-order chi connectivity index (χ1) is 24.3. The summed E-state index contributed by atoms with van der Waals surface area (Å²) in [4.78, 5) is 10.8. The molecule has 5 aromatic heterocycles. The highest BCUT2D eigenvalue weighted by atomic mass is 15.1. The van der Waals surface area contributed by atoms with Crippen molar-refractivity contribution in [3.63, 3.8) is 0 Å². The molecule has 0 atom stereocenters. The molecule has 0 aliphatic heterocycles. The van der Waals surface area contributed by atoms with E-state index < -0.39 is 0 Å². The van der Waals surface area contributed by atoms with Gasteiger partial charge in [0.25, 0.3) is 0 Å². The number of para-hydroxylation sites is 7. The Balaban J connectivity index is 1.49. The summed E-state index contributed by atoms with van der Waals surface area (Å²) < 4.78 is 7.33. The largest absolute Gasteiger partial charge is 0.309 e. The van der Waals surface area contributed by atoms with E-state index in [2.05, 4.69) is 153 Å². The van der Waals surface area contributed by atoms with Crippen LogP contribution in [0.4, 0.5) is 0 Å². The number of hydrogen-bond donors (Lipinski definition) is 0. The Morgan fingerprint density at radius 2 is 0.837 bits per heavy atom. The minimum atomic E-state index is 0.842. The van der Waals surface area contributed by atoms with Crippen molar-refractivity contribution in [1.82, 2.24) is 23.3 Å². The lowest BCUT2D eigenvalue weighted by molar-refractivity contribution is 1.20. The third-order valence-electron chi connectivity index (χ3n) is 10.5. The van der Waals surface area contributed by atoms with E-state index in [-0.39, 0.29) is 0 Å². The van der Waals surface area contributed by atoms with Gasteiger partial charge in [-0.3, -0.25) is 4.40 Å². The molecule has 12 aromatic rings. The molecule has 0 aliphatic carbocycles. The molecule has 5 heteroatoms. The molecule has 0 unspecified atom stereocenters. The fourth-order valence-electron chi connectivity index (χ4n) is 8.60. The van der Waals surface area contributed by atoms with E-state index in [1.165, 1.54) is 54.4 Å². The second-order valence-electron chi connectivity index (χ2n) is 13.0. The van der Waals surface area contributed by atoms with E-state index in [0.29, 0.717) is 0 Å². The summed E-state index contributed by atoms with van der Waals surface area (Å²) in [7, 11) is 0. The smallest absolute Gasteiger partial charge is 0.165 e. The van der Waals surface area contributed by atoms with Gasteiger partial charge in [-0.15, -0.1) is 0 Å². The van der Waals surface area contributed by atoms with Crippen molar-refractivity contribution in [3.8, 4) is 5.69 Å². The zero-order valence-electron chi connectivity index (χ0n) is 26.2. The molecule has 0 N–H and O–H groups in total. The molecule has 5 heterocycles. The third-order valence-corrected chi connectivity index (χ3v) is 10.5. The van der Waals surface area contributed by atoms with Gasteiger partial charge in [0, 0.05) is 37.7 Å². The van der Waals surface area contributed by atoms with Crippen LogP contribution in [0.2, 0.25) is 0 Å². The van der Waals surface area contributed by atoms with Crippen molar-refractivity contribution in [2.24, 2.45) is 0 Å². The topological polar surface area (TPSA) is 39.5 Å². The van der Waals surface area contributed by atoms with Crippen molar-refractivity contribution in [2.75, 3.05) is 0 Å². The summed E-state index contributed by atoms with van der Waals surface area (Å²) in [5.41, 5.74) is 12.7. The Kier molecular flexibility index (Phi) is 4.66. The van der Waals surface area contributed by atoms with Gasteiger partial charge in [0.15, 0.2) is 5.65 Å². The fraction of sp³-hybridized carbons (Fsp3) is 0. The van der Waals surface area contributed by atoms with Crippen LogP contribution in [0.3, 0.4) is 0 Å². The monoisotopic (exact) mass is 623 g/mol. The minimum absolute atomic E-state index is 0.842. The lowest BCUT2D eigenvalue weighted by Crippen LogP contribution is -2.00. The van der Waals surface area contributed by atoms with Gasteiger partial charge >= 0.3 is 0 Å². The molecule has 0 radical (unpaired) electrons. The molecule has 0 aliphatic rings. The molecule has 0 spiro atoms. The van der Waals surface area contributed by atoms with Crippen molar-refractivity contribution in [3.05, 3.63) is 152 Å². The van der Waals surface area contributed by atoms with Crippen LogP contribution < -0.4 is 0 Å². The molecule has 5 nitrogen and oxygen atoms in total. The molecule has 0 saturated heterocycles. The van der Waals surface area contributed by atoms with Crippen molar-refractivity contribution in [2.45, 2.75) is 0 Å². The summed E-state index contributed by atoms with van der Waals surface area (Å²) in [6, 6.07) is 54.5. The molecule has 7 aromatic carbocycles. The van der Waals surface area contributed by atoms with Gasteiger partial charge in [0.2, 0.25) is 0 Å². The second-order valence-corrected chi connectivity index (χ2v) is 13.0. The molecule has 12 rings (SSSR count). The van der Waals surface area contributed by atoms with Gasteiger partial charge in [0.1, 0.15) is 5.52 Å². The molecule has 0 saturated carbocycles. The fourth-order valence-corrected chi connectivity index (χ4v) is 8.60. The van der Waals surface area contributed by atoms with E-state index in [0.717, 1.165) is 49.8 Å². The van der Waals surface area contributed by atoms with Crippen molar-refractivity contribution < 1.29 is 0 Å². The molecular weight excluding hydrogens is 599 g/mol. The first kappa shape index (κ1) is 25.4. The van der Waals surface area contributed by atoms with Crippen molar-refractivity contribution >= 4 is 98.5 Å². The highest BCUT2D eigenvalue weighted by Crippen LogP contribution is 2.45. The van der Waals surface area contributed by atoms with E-state index in [4.69, 9.17) is 9.97 Å². The Morgan fingerprint density at radius 3 is 1.49 bits per heavy atom. The minimum Gasteiger partial charge on any atom is -0.309 e. The van der Waals surface area contributed by atoms with Gasteiger partial charge in [-0.25, -0.2) is 9.97 Å². The quantitative estimate of drug-likeness (QED) is 0.182. The number of rotatable bonds is 1. The first-order valence-electron chi connectivity index (χ1n) is 16.7. The number of nitrogens with zero attached hydrogens (tertiary/aromatic N) is 5. The standard InChI is InChI=1S/C44H25N5/c1-8-20-34-26(13-1)27-14-2-9-21-35(27)47(34)39-25-31-28-15-3-10-22-36(28)48-38-24-12-5-17-30(38)41-44(46-33-19-7-6-18-32(33)45-41)49-37-23-11-4-16-29(37)40(39)43(49)42(31)48/h1-25H. The van der Waals surface area contributed by atoms with Crippen LogP contribution in [0, 0.1) is 0 Å². The second kappa shape index (κ2) is 9.00. The Labute approximate surface area is 278 Å². The lowest BCUT2D eigenvalue weighted by atomic mass is 10.1. The van der Waals surface area contributed by atoms with Crippen LogP contribution in [0.25, 0.3) is 104 Å². The van der Waals surface area contributed by atoms with Gasteiger partial charge in [-0.2, -0.15) is 0 Å². The van der Waals surface area contributed by atoms with Gasteiger partial charge in [0.05, 0.1) is 55.3 Å². The summed E-state index contributed by atoms with van der Waals surface area (Å²) in [5, 5.41) is 8.34. The van der Waals surface area contributed by atoms with Crippen molar-refractivity contribution in [1.29, 1.82) is 0 Å². The SMILES string of the molecule is c1ccc2nc3c(nc2c1)c1ccccc1n1c2ccccc2c2cc(-n4c5ccccc5c5ccccc54)c4c5ccccc5n3c4c21. The van der Waals surface area contributed by atoms with E-state index in [1.54, 1.807) is 0 Å². The zero-order valence-corrected chi connectivity index (χ0v) is 26.2. The van der Waals surface area contributed by atoms with Gasteiger partial charge in [-0.05, 0) is 48.5 Å². The van der Waals surface area contributed by atoms with Crippen LogP contribution in [0.15, 0.2) is 152 Å². The highest BCUT2D eigenvalue weighted by Gasteiger charge is 2.25. The Hall–Kier alpha value is -6.72. The van der Waals surface area contributed by atoms with E-state index in [1.807, 2.05) is 12.1 Å². The number of aromatic nitrogens is 5. The van der Waals surface area contributed by atoms with Crippen LogP contribution in [0.1, 0.15) is 0 Å². The number of benzene rings is 7. The van der Waals surface area contributed by atoms with Crippen LogP contribution in [-0.4, -0.2) is 23.3 Å². The Morgan fingerprint density at radius 1 is 0.367 bits per heavy atom. The molecule has 49 heavy (non-hydrogen) atoms. The summed E-state index contributed by atoms with van der Waals surface area (Å²) >= 11 is 0. The molecule has 0 bridgehead atoms. The summed E-state index contributed by atoms with van der Waals surface area (Å²) in [6.07, 6.45) is 0. The number of hydrogen-bond acceptors (Lipinski definition) is 2. The van der Waals surface area contributed by atoms with E-state index in [9.17, 15) is 0 Å². The van der Waals surface area contributed by atoms with Crippen LogP contribution >= 0.6 is 0 Å². The maximum absolute atomic E-state index is 5.45. The maximum Gasteiger partial charge on any atom is 0.165 e. The third kappa shape index (κ3) is 3.10. The molecule has 0 fully saturated rings. The Bertz CT molecular complexity index is 3340. The summed E-state index contributed by atoms with van der Waals surface area (Å²) in [5.74, 6) is 0. The van der Waals surface area contributed by atoms with Gasteiger partial charge < -0.3 is 8.97 Å². The average molecular weight is 624 g/mol. The van der Waals surface area contributed by atoms with Crippen LogP contribution in [-0.2, 0) is 0 Å². The zero-order chi connectivity index (χ0) is 31.8. The molecular formula is C44H25N5. The highest BCUT2D eigenvalue weighted by molar-refractivity contribution is 6.28. The first-order valence-corrected chi connectivity index (χ1v) is 16.7. The molecule has 0 amide bonds. The number of fused-ring (bicyclic) bond motifs is 15. The molecule has 226 valence electrons. The van der Waals surface area contributed by atoms with Gasteiger partial charge in [-0.1, -0.05) is 103 Å². The maximum atomic E-state index is 5.45. The van der Waals surface area contributed by atoms with Crippen LogP contribution in [0.5, 0.6) is 0 Å². The average Bonchev–Trinajstić information content (AvgIpc) is 3.79. The normalized spacial score (nSPS) is 12.5. The lowest BCUT2D eigenvalue weighted by Gasteiger charge is -2.14. The summed E-state index contributed by atoms with van der Waals surface area (Å²) in [6.45, 7) is 0. The predicted octanol–water partition coefficient (Wildman–Crippen LogP) is 11.0.